The molecule has 2 aromatic rings. The number of ketones is 1. The van der Waals surface area contributed by atoms with Gasteiger partial charge in [-0.15, -0.1) is 6.58 Å². The number of fused-ring (bicyclic) bond motifs is 1. The molecular formula is C21H19NO6S. The summed E-state index contributed by atoms with van der Waals surface area (Å²) in [7, 11) is -1.51. The SMILES string of the molecule is C=CCN1C(=O)COc2ccc(C(=O)CS(=O)Cc3cccc(C(=O)O)c3)cc21. The molecule has 1 aliphatic heterocycles. The third kappa shape index (κ3) is 4.78. The molecule has 1 heterocycles. The van der Waals surface area contributed by atoms with E-state index in [1.807, 2.05) is 0 Å². The van der Waals surface area contributed by atoms with Crippen molar-refractivity contribution < 1.29 is 28.4 Å². The van der Waals surface area contributed by atoms with Crippen LogP contribution in [0.1, 0.15) is 26.3 Å². The predicted molar refractivity (Wildman–Crippen MR) is 109 cm³/mol. The average molecular weight is 413 g/mol. The molecule has 8 heteroatoms. The van der Waals surface area contributed by atoms with Gasteiger partial charge < -0.3 is 14.7 Å². The summed E-state index contributed by atoms with van der Waals surface area (Å²) < 4.78 is 17.8. The molecule has 0 saturated heterocycles. The van der Waals surface area contributed by atoms with E-state index in [4.69, 9.17) is 9.84 Å². The van der Waals surface area contributed by atoms with Crippen molar-refractivity contribution in [2.45, 2.75) is 5.75 Å². The van der Waals surface area contributed by atoms with Crippen LogP contribution in [0.5, 0.6) is 5.75 Å². The molecule has 2 aromatic carbocycles. The summed E-state index contributed by atoms with van der Waals surface area (Å²) in [5.74, 6) is -1.28. The van der Waals surface area contributed by atoms with Gasteiger partial charge in [0.25, 0.3) is 5.91 Å². The lowest BCUT2D eigenvalue weighted by atomic mass is 10.1. The highest BCUT2D eigenvalue weighted by molar-refractivity contribution is 7.85. The number of carbonyl (C=O) groups excluding carboxylic acids is 2. The van der Waals surface area contributed by atoms with Crippen molar-refractivity contribution in [1.29, 1.82) is 0 Å². The standard InChI is InChI=1S/C21H19NO6S/c1-2-8-22-17-10-15(6-7-19(17)28-11-20(22)24)18(23)13-29(27)12-14-4-3-5-16(9-14)21(25)26/h2-7,9-10H,1,8,11-13H2,(H,25,26). The van der Waals surface area contributed by atoms with Gasteiger partial charge in [0.1, 0.15) is 5.75 Å². The van der Waals surface area contributed by atoms with Gasteiger partial charge in [-0.05, 0) is 35.9 Å². The Kier molecular flexibility index (Phi) is 6.23. The molecule has 0 fully saturated rings. The second kappa shape index (κ2) is 8.83. The number of ether oxygens (including phenoxy) is 1. The maximum atomic E-state index is 12.6. The molecule has 3 rings (SSSR count). The first-order valence-electron chi connectivity index (χ1n) is 8.77. The molecular weight excluding hydrogens is 394 g/mol. The topological polar surface area (TPSA) is 101 Å². The highest BCUT2D eigenvalue weighted by Gasteiger charge is 2.26. The monoisotopic (exact) mass is 413 g/mol. The third-order valence-corrected chi connectivity index (χ3v) is 5.57. The molecule has 7 nitrogen and oxygen atoms in total. The van der Waals surface area contributed by atoms with Crippen molar-refractivity contribution in [3.8, 4) is 5.75 Å². The van der Waals surface area contributed by atoms with Crippen LogP contribution in [-0.4, -0.2) is 45.9 Å². The normalized spacial score (nSPS) is 13.9. The predicted octanol–water partition coefficient (Wildman–Crippen LogP) is 2.43. The Balaban J connectivity index is 1.73. The second-order valence-corrected chi connectivity index (χ2v) is 7.88. The van der Waals surface area contributed by atoms with Crippen molar-refractivity contribution in [3.63, 3.8) is 0 Å². The van der Waals surface area contributed by atoms with Crippen LogP contribution in [0.25, 0.3) is 0 Å². The number of rotatable bonds is 8. The first-order chi connectivity index (χ1) is 13.9. The van der Waals surface area contributed by atoms with E-state index in [1.54, 1.807) is 36.4 Å². The minimum absolute atomic E-state index is 0.0714. The van der Waals surface area contributed by atoms with E-state index in [0.717, 1.165) is 0 Å². The first-order valence-corrected chi connectivity index (χ1v) is 10.3. The van der Waals surface area contributed by atoms with Crippen LogP contribution >= 0.6 is 0 Å². The van der Waals surface area contributed by atoms with Gasteiger partial charge in [0.15, 0.2) is 12.4 Å². The number of carboxylic acids is 1. The zero-order valence-corrected chi connectivity index (χ0v) is 16.3. The molecule has 29 heavy (non-hydrogen) atoms. The molecule has 0 radical (unpaired) electrons. The largest absolute Gasteiger partial charge is 0.482 e. The minimum Gasteiger partial charge on any atom is -0.482 e. The van der Waals surface area contributed by atoms with Crippen LogP contribution < -0.4 is 9.64 Å². The van der Waals surface area contributed by atoms with Crippen LogP contribution in [0.15, 0.2) is 55.1 Å². The molecule has 1 amide bonds. The van der Waals surface area contributed by atoms with Crippen molar-refractivity contribution >= 4 is 34.1 Å². The molecule has 0 bridgehead atoms. The number of carboxylic acid groups (broad SMARTS) is 1. The zero-order valence-electron chi connectivity index (χ0n) is 15.5. The number of anilines is 1. The summed E-state index contributed by atoms with van der Waals surface area (Å²) in [5.41, 5.74) is 1.49. The molecule has 0 aromatic heterocycles. The first kappa shape index (κ1) is 20.5. The van der Waals surface area contributed by atoms with Crippen LogP contribution in [0.2, 0.25) is 0 Å². The van der Waals surface area contributed by atoms with Gasteiger partial charge in [-0.3, -0.25) is 13.8 Å². The van der Waals surface area contributed by atoms with E-state index >= 15 is 0 Å². The second-order valence-electron chi connectivity index (χ2n) is 6.42. The van der Waals surface area contributed by atoms with Crippen LogP contribution in [0.3, 0.4) is 0 Å². The summed E-state index contributed by atoms with van der Waals surface area (Å²) in [4.78, 5) is 37.2. The zero-order chi connectivity index (χ0) is 21.0. The van der Waals surface area contributed by atoms with Crippen LogP contribution in [-0.2, 0) is 21.3 Å². The quantitative estimate of drug-likeness (QED) is 0.527. The number of aromatic carboxylic acids is 1. The molecule has 150 valence electrons. The van der Waals surface area contributed by atoms with Crippen molar-refractivity contribution in [3.05, 3.63) is 71.8 Å². The minimum atomic E-state index is -1.51. The maximum Gasteiger partial charge on any atom is 0.335 e. The Morgan fingerprint density at radius 1 is 1.21 bits per heavy atom. The lowest BCUT2D eigenvalue weighted by Gasteiger charge is -2.28. The fraction of sp³-hybridized carbons (Fsp3) is 0.190. The van der Waals surface area contributed by atoms with Gasteiger partial charge >= 0.3 is 5.97 Å². The van der Waals surface area contributed by atoms with E-state index in [1.165, 1.54) is 17.0 Å². The summed E-state index contributed by atoms with van der Waals surface area (Å²) in [6.45, 7) is 3.85. The Morgan fingerprint density at radius 3 is 2.72 bits per heavy atom. The van der Waals surface area contributed by atoms with E-state index in [2.05, 4.69) is 6.58 Å². The van der Waals surface area contributed by atoms with Crippen molar-refractivity contribution in [2.75, 3.05) is 23.8 Å². The summed E-state index contributed by atoms with van der Waals surface area (Å²) >= 11 is 0. The van der Waals surface area contributed by atoms with Gasteiger partial charge in [0.2, 0.25) is 0 Å². The summed E-state index contributed by atoms with van der Waals surface area (Å²) in [6.07, 6.45) is 1.59. The highest BCUT2D eigenvalue weighted by Crippen LogP contribution is 2.33. The Hall–Kier alpha value is -3.26. The van der Waals surface area contributed by atoms with Gasteiger partial charge in [-0.1, -0.05) is 18.2 Å². The number of carbonyl (C=O) groups is 3. The summed E-state index contributed by atoms with van der Waals surface area (Å²) in [5, 5.41) is 9.04. The average Bonchev–Trinajstić information content (AvgIpc) is 2.70. The number of hydrogen-bond acceptors (Lipinski definition) is 5. The number of benzene rings is 2. The van der Waals surface area contributed by atoms with Crippen molar-refractivity contribution in [2.24, 2.45) is 0 Å². The molecule has 0 saturated carbocycles. The van der Waals surface area contributed by atoms with Gasteiger partial charge in [0, 0.05) is 28.7 Å². The summed E-state index contributed by atoms with van der Waals surface area (Å²) in [6, 6.07) is 10.9. The number of amides is 1. The third-order valence-electron chi connectivity index (χ3n) is 4.33. The Bertz CT molecular complexity index is 1020. The van der Waals surface area contributed by atoms with E-state index in [9.17, 15) is 18.6 Å². The van der Waals surface area contributed by atoms with Crippen molar-refractivity contribution in [1.82, 2.24) is 0 Å². The number of nitrogens with zero attached hydrogens (tertiary/aromatic N) is 1. The fourth-order valence-electron chi connectivity index (χ4n) is 2.97. The van der Waals surface area contributed by atoms with Gasteiger partial charge in [0.05, 0.1) is 17.0 Å². The maximum absolute atomic E-state index is 12.6. The Labute approximate surface area is 170 Å². The molecule has 0 aliphatic carbocycles. The van der Waals surface area contributed by atoms with E-state index < -0.39 is 16.8 Å². The Morgan fingerprint density at radius 2 is 2.00 bits per heavy atom. The van der Waals surface area contributed by atoms with Crippen LogP contribution in [0.4, 0.5) is 5.69 Å². The van der Waals surface area contributed by atoms with Gasteiger partial charge in [-0.2, -0.15) is 0 Å². The van der Waals surface area contributed by atoms with Gasteiger partial charge in [-0.25, -0.2) is 4.79 Å². The molecule has 1 unspecified atom stereocenters. The lowest BCUT2D eigenvalue weighted by molar-refractivity contribution is -0.121. The fourth-order valence-corrected chi connectivity index (χ4v) is 4.08. The molecule has 1 N–H and O–H groups in total. The van der Waals surface area contributed by atoms with E-state index in [-0.39, 0.29) is 35.4 Å². The molecule has 0 spiro atoms. The highest BCUT2D eigenvalue weighted by atomic mass is 32.2. The molecule has 1 atom stereocenters. The number of Topliss-reactive ketones (excluding diaryl/α,β-unsaturated/α-hetero) is 1. The molecule has 1 aliphatic rings. The number of hydrogen-bond donors (Lipinski definition) is 1. The smallest absolute Gasteiger partial charge is 0.335 e. The van der Waals surface area contributed by atoms with Crippen LogP contribution in [0, 0.1) is 0 Å². The lowest BCUT2D eigenvalue weighted by Crippen LogP contribution is -2.39. The van der Waals surface area contributed by atoms with E-state index in [0.29, 0.717) is 29.1 Å².